The van der Waals surface area contributed by atoms with E-state index < -0.39 is 6.09 Å². The summed E-state index contributed by atoms with van der Waals surface area (Å²) in [4.78, 5) is 30.5. The maximum absolute atomic E-state index is 12.5. The van der Waals surface area contributed by atoms with Crippen LogP contribution in [-0.4, -0.2) is 24.1 Å². The largest absolute Gasteiger partial charge is 0.452 e. The molecule has 0 unspecified atom stereocenters. The number of anilines is 3. The van der Waals surface area contributed by atoms with Gasteiger partial charge in [-0.15, -0.1) is 0 Å². The highest BCUT2D eigenvalue weighted by Crippen LogP contribution is 2.22. The number of nitrogens with two attached hydrogens (primary N) is 1. The summed E-state index contributed by atoms with van der Waals surface area (Å²) in [7, 11) is 1.34. The number of amides is 2. The smallest absolute Gasteiger partial charge is 0.414 e. The third-order valence-corrected chi connectivity index (χ3v) is 4.43. The summed E-state index contributed by atoms with van der Waals surface area (Å²) in [5.41, 5.74) is 9.64. The zero-order valence-corrected chi connectivity index (χ0v) is 16.3. The van der Waals surface area contributed by atoms with Gasteiger partial charge in [0.15, 0.2) is 0 Å². The maximum atomic E-state index is 12.5. The van der Waals surface area contributed by atoms with Crippen molar-refractivity contribution >= 4 is 29.1 Å². The van der Waals surface area contributed by atoms with Crippen LogP contribution in [0.5, 0.6) is 0 Å². The number of aromatic nitrogens is 1. The number of nitrogens with zero attached hydrogens (tertiary/aromatic N) is 2. The summed E-state index contributed by atoms with van der Waals surface area (Å²) in [6.45, 7) is 2.11. The van der Waals surface area contributed by atoms with E-state index in [4.69, 9.17) is 10.5 Å². The Bertz CT molecular complexity index is 1020. The van der Waals surface area contributed by atoms with E-state index in [1.807, 2.05) is 13.0 Å². The normalized spacial score (nSPS) is 10.3. The summed E-state index contributed by atoms with van der Waals surface area (Å²) in [5.74, 6) is -0.262. The molecule has 7 heteroatoms. The lowest BCUT2D eigenvalue weighted by Crippen LogP contribution is -2.31. The molecule has 7 nitrogen and oxygen atoms in total. The first-order valence-electron chi connectivity index (χ1n) is 9.01. The fourth-order valence-corrected chi connectivity index (χ4v) is 2.87. The Balaban J connectivity index is 1.76. The van der Waals surface area contributed by atoms with E-state index in [0.29, 0.717) is 28.3 Å². The lowest BCUT2D eigenvalue weighted by atomic mass is 10.1. The Hall–Kier alpha value is -3.87. The molecule has 0 spiro atoms. The molecule has 0 aliphatic heterocycles. The third-order valence-electron chi connectivity index (χ3n) is 4.43. The number of para-hydroxylation sites is 2. The van der Waals surface area contributed by atoms with Crippen LogP contribution in [0, 0.1) is 6.92 Å². The molecule has 0 saturated carbocycles. The average Bonchev–Trinajstić information content (AvgIpc) is 2.74. The number of nitrogens with one attached hydrogen (secondary N) is 1. The van der Waals surface area contributed by atoms with Crippen LogP contribution in [0.4, 0.5) is 21.9 Å². The van der Waals surface area contributed by atoms with E-state index in [1.165, 1.54) is 12.0 Å². The molecule has 0 bridgehead atoms. The van der Waals surface area contributed by atoms with Gasteiger partial charge in [-0.25, -0.2) is 4.79 Å². The zero-order valence-electron chi connectivity index (χ0n) is 16.3. The van der Waals surface area contributed by atoms with Gasteiger partial charge in [0.05, 0.1) is 36.4 Å². The predicted molar refractivity (Wildman–Crippen MR) is 113 cm³/mol. The summed E-state index contributed by atoms with van der Waals surface area (Å²) >= 11 is 0. The highest BCUT2D eigenvalue weighted by atomic mass is 16.5. The SMILES string of the molecule is COC(=O)N(Cc1ccc(C(=O)Nc2ccccc2N)cc1)c1cccnc1C. The highest BCUT2D eigenvalue weighted by molar-refractivity contribution is 6.05. The Morgan fingerprint density at radius 3 is 2.45 bits per heavy atom. The maximum Gasteiger partial charge on any atom is 0.414 e. The number of nitrogen functional groups attached to an aromatic ring is 1. The van der Waals surface area contributed by atoms with Crippen molar-refractivity contribution < 1.29 is 14.3 Å². The number of carbonyl (C=O) groups excluding carboxylic acids is 2. The molecule has 3 aromatic rings. The highest BCUT2D eigenvalue weighted by Gasteiger charge is 2.19. The molecule has 0 saturated heterocycles. The van der Waals surface area contributed by atoms with Crippen molar-refractivity contribution in [2.24, 2.45) is 0 Å². The van der Waals surface area contributed by atoms with Gasteiger partial charge in [-0.3, -0.25) is 14.7 Å². The number of hydrogen-bond acceptors (Lipinski definition) is 5. The van der Waals surface area contributed by atoms with Crippen LogP contribution in [0.1, 0.15) is 21.6 Å². The number of rotatable bonds is 5. The second kappa shape index (κ2) is 8.88. The first-order chi connectivity index (χ1) is 14.0. The molecule has 1 heterocycles. The van der Waals surface area contributed by atoms with Gasteiger partial charge in [0.2, 0.25) is 0 Å². The minimum Gasteiger partial charge on any atom is -0.452 e. The molecule has 0 radical (unpaired) electrons. The van der Waals surface area contributed by atoms with Gasteiger partial charge in [0.1, 0.15) is 0 Å². The van der Waals surface area contributed by atoms with Crippen molar-refractivity contribution in [1.82, 2.24) is 4.98 Å². The molecule has 0 fully saturated rings. The standard InChI is InChI=1S/C22H22N4O3/c1-15-20(8-5-13-24-15)26(22(28)29-2)14-16-9-11-17(12-10-16)21(27)25-19-7-4-3-6-18(19)23/h3-13H,14,23H2,1-2H3,(H,25,27). The van der Waals surface area contributed by atoms with Crippen molar-refractivity contribution in [3.63, 3.8) is 0 Å². The van der Waals surface area contributed by atoms with Crippen LogP contribution >= 0.6 is 0 Å². The molecule has 2 amide bonds. The molecular formula is C22H22N4O3. The lowest BCUT2D eigenvalue weighted by Gasteiger charge is -2.22. The number of methoxy groups -OCH3 is 1. The number of ether oxygens (including phenoxy) is 1. The van der Waals surface area contributed by atoms with E-state index in [2.05, 4.69) is 10.3 Å². The second-order valence-corrected chi connectivity index (χ2v) is 6.40. The van der Waals surface area contributed by atoms with Crippen LogP contribution in [0.2, 0.25) is 0 Å². The number of benzene rings is 2. The van der Waals surface area contributed by atoms with Gasteiger partial charge in [0.25, 0.3) is 5.91 Å². The Kier molecular flexibility index (Phi) is 6.09. The van der Waals surface area contributed by atoms with Crippen LogP contribution in [-0.2, 0) is 11.3 Å². The van der Waals surface area contributed by atoms with E-state index in [9.17, 15) is 9.59 Å². The van der Waals surface area contributed by atoms with E-state index in [0.717, 1.165) is 5.56 Å². The summed E-state index contributed by atoms with van der Waals surface area (Å²) in [5, 5.41) is 2.79. The van der Waals surface area contributed by atoms with Crippen molar-refractivity contribution in [2.75, 3.05) is 23.1 Å². The van der Waals surface area contributed by atoms with Gasteiger partial charge < -0.3 is 15.8 Å². The fraction of sp³-hybridized carbons (Fsp3) is 0.136. The van der Waals surface area contributed by atoms with Crippen LogP contribution in [0.3, 0.4) is 0 Å². The van der Waals surface area contributed by atoms with Crippen LogP contribution in [0.25, 0.3) is 0 Å². The summed E-state index contributed by atoms with van der Waals surface area (Å²) < 4.78 is 4.92. The predicted octanol–water partition coefficient (Wildman–Crippen LogP) is 4.00. The number of pyridine rings is 1. The molecule has 0 aliphatic carbocycles. The Morgan fingerprint density at radius 2 is 1.79 bits per heavy atom. The first-order valence-corrected chi connectivity index (χ1v) is 9.01. The molecule has 29 heavy (non-hydrogen) atoms. The Morgan fingerprint density at radius 1 is 1.07 bits per heavy atom. The minimum atomic E-state index is -0.484. The third kappa shape index (κ3) is 4.70. The summed E-state index contributed by atoms with van der Waals surface area (Å²) in [6, 6.07) is 17.6. The molecule has 1 aromatic heterocycles. The van der Waals surface area contributed by atoms with Crippen molar-refractivity contribution in [3.8, 4) is 0 Å². The molecule has 3 rings (SSSR count). The molecule has 2 aromatic carbocycles. The van der Waals surface area contributed by atoms with Gasteiger partial charge >= 0.3 is 6.09 Å². The second-order valence-electron chi connectivity index (χ2n) is 6.40. The minimum absolute atomic E-state index is 0.262. The van der Waals surface area contributed by atoms with Gasteiger partial charge in [-0.2, -0.15) is 0 Å². The first kappa shape index (κ1) is 19.9. The van der Waals surface area contributed by atoms with E-state index >= 15 is 0 Å². The van der Waals surface area contributed by atoms with Crippen molar-refractivity contribution in [2.45, 2.75) is 13.5 Å². The van der Waals surface area contributed by atoms with Crippen molar-refractivity contribution in [3.05, 3.63) is 83.7 Å². The monoisotopic (exact) mass is 390 g/mol. The number of carbonyl (C=O) groups is 2. The zero-order chi connectivity index (χ0) is 20.8. The fourth-order valence-electron chi connectivity index (χ4n) is 2.87. The quantitative estimate of drug-likeness (QED) is 0.642. The molecule has 0 atom stereocenters. The molecule has 148 valence electrons. The van der Waals surface area contributed by atoms with Gasteiger partial charge in [0, 0.05) is 11.8 Å². The average molecular weight is 390 g/mol. The van der Waals surface area contributed by atoms with Crippen molar-refractivity contribution in [1.29, 1.82) is 0 Å². The lowest BCUT2D eigenvalue weighted by molar-refractivity contribution is 0.102. The number of hydrogen-bond donors (Lipinski definition) is 2. The summed E-state index contributed by atoms with van der Waals surface area (Å²) in [6.07, 6.45) is 1.18. The molecule has 3 N–H and O–H groups in total. The molecule has 0 aliphatic rings. The van der Waals surface area contributed by atoms with Gasteiger partial charge in [-0.05, 0) is 48.9 Å². The van der Waals surface area contributed by atoms with Crippen LogP contribution in [0.15, 0.2) is 66.9 Å². The van der Waals surface area contributed by atoms with E-state index in [-0.39, 0.29) is 12.5 Å². The topological polar surface area (TPSA) is 97.5 Å². The van der Waals surface area contributed by atoms with Gasteiger partial charge in [-0.1, -0.05) is 24.3 Å². The number of aryl methyl sites for hydroxylation is 1. The van der Waals surface area contributed by atoms with E-state index in [1.54, 1.807) is 60.8 Å². The van der Waals surface area contributed by atoms with Crippen LogP contribution < -0.4 is 16.0 Å². The molecular weight excluding hydrogens is 368 g/mol. The Labute approximate surface area is 169 Å².